The highest BCUT2D eigenvalue weighted by molar-refractivity contribution is 5.94. The molecule has 0 saturated carbocycles. The van der Waals surface area contributed by atoms with Crippen LogP contribution in [0.4, 0.5) is 11.4 Å². The monoisotopic (exact) mass is 328 g/mol. The van der Waals surface area contributed by atoms with Crippen molar-refractivity contribution in [3.63, 3.8) is 0 Å². The maximum absolute atomic E-state index is 12.1. The average Bonchev–Trinajstić information content (AvgIpc) is 2.55. The molecule has 2 amide bonds. The van der Waals surface area contributed by atoms with E-state index >= 15 is 0 Å². The Kier molecular flexibility index (Phi) is 6.19. The van der Waals surface area contributed by atoms with Crippen LogP contribution < -0.4 is 20.1 Å². The molecule has 0 aliphatic carbocycles. The van der Waals surface area contributed by atoms with Crippen molar-refractivity contribution in [1.29, 1.82) is 0 Å². The Morgan fingerprint density at radius 2 is 1.42 bits per heavy atom. The summed E-state index contributed by atoms with van der Waals surface area (Å²) in [7, 11) is 0. The van der Waals surface area contributed by atoms with Gasteiger partial charge in [0.25, 0.3) is 5.91 Å². The van der Waals surface area contributed by atoms with Crippen LogP contribution in [0.1, 0.15) is 13.8 Å². The van der Waals surface area contributed by atoms with Crippen molar-refractivity contribution in [1.82, 2.24) is 0 Å². The van der Waals surface area contributed by atoms with E-state index in [-0.39, 0.29) is 18.4 Å². The number of benzene rings is 2. The first-order chi connectivity index (χ1) is 11.6. The van der Waals surface area contributed by atoms with Crippen LogP contribution in [-0.4, -0.2) is 25.0 Å². The minimum absolute atomic E-state index is 0.183. The Morgan fingerprint density at radius 1 is 0.875 bits per heavy atom. The van der Waals surface area contributed by atoms with Gasteiger partial charge in [0.2, 0.25) is 5.91 Å². The second-order valence-corrected chi connectivity index (χ2v) is 4.94. The van der Waals surface area contributed by atoms with E-state index in [4.69, 9.17) is 9.47 Å². The van der Waals surface area contributed by atoms with E-state index in [0.29, 0.717) is 29.5 Å². The molecule has 0 aromatic heterocycles. The van der Waals surface area contributed by atoms with Gasteiger partial charge >= 0.3 is 0 Å². The molecule has 0 saturated heterocycles. The fraction of sp³-hybridized carbons (Fsp3) is 0.222. The lowest BCUT2D eigenvalue weighted by molar-refractivity contribution is -0.118. The zero-order chi connectivity index (χ0) is 17.4. The van der Waals surface area contributed by atoms with Gasteiger partial charge in [-0.3, -0.25) is 9.59 Å². The predicted molar refractivity (Wildman–Crippen MR) is 92.5 cm³/mol. The summed E-state index contributed by atoms with van der Waals surface area (Å²) in [5, 5.41) is 5.41. The van der Waals surface area contributed by atoms with Gasteiger partial charge in [0.15, 0.2) is 6.61 Å². The largest absolute Gasteiger partial charge is 0.492 e. The van der Waals surface area contributed by atoms with Crippen molar-refractivity contribution in [2.24, 2.45) is 0 Å². The molecule has 0 spiro atoms. The number of hydrogen-bond donors (Lipinski definition) is 2. The minimum atomic E-state index is -0.320. The fourth-order valence-electron chi connectivity index (χ4n) is 2.07. The van der Waals surface area contributed by atoms with Gasteiger partial charge in [0.1, 0.15) is 11.5 Å². The zero-order valence-corrected chi connectivity index (χ0v) is 13.7. The maximum Gasteiger partial charge on any atom is 0.262 e. The van der Waals surface area contributed by atoms with E-state index in [1.165, 1.54) is 6.92 Å². The molecular weight excluding hydrogens is 308 g/mol. The molecule has 2 rings (SSSR count). The lowest BCUT2D eigenvalue weighted by Gasteiger charge is -2.13. The lowest BCUT2D eigenvalue weighted by Crippen LogP contribution is -2.21. The van der Waals surface area contributed by atoms with Crippen LogP contribution in [0.5, 0.6) is 11.5 Å². The Balaban J connectivity index is 1.98. The molecule has 0 fully saturated rings. The highest BCUT2D eigenvalue weighted by Crippen LogP contribution is 2.25. The third-order valence-electron chi connectivity index (χ3n) is 3.02. The number of carbonyl (C=O) groups excluding carboxylic acids is 2. The van der Waals surface area contributed by atoms with Crippen molar-refractivity contribution < 1.29 is 19.1 Å². The van der Waals surface area contributed by atoms with Crippen LogP contribution in [0.2, 0.25) is 0 Å². The molecule has 0 atom stereocenters. The summed E-state index contributed by atoms with van der Waals surface area (Å²) in [6.07, 6.45) is 0. The van der Waals surface area contributed by atoms with Crippen molar-refractivity contribution in [3.05, 3.63) is 48.5 Å². The molecule has 6 heteroatoms. The van der Waals surface area contributed by atoms with E-state index in [2.05, 4.69) is 10.6 Å². The van der Waals surface area contributed by atoms with Gasteiger partial charge < -0.3 is 20.1 Å². The first kappa shape index (κ1) is 17.3. The summed E-state index contributed by atoms with van der Waals surface area (Å²) in [4.78, 5) is 23.3. The Hall–Kier alpha value is -3.02. The van der Waals surface area contributed by atoms with Gasteiger partial charge in [0, 0.05) is 6.92 Å². The highest BCUT2D eigenvalue weighted by Gasteiger charge is 2.10. The molecule has 0 heterocycles. The molecule has 2 N–H and O–H groups in total. The number of ether oxygens (including phenoxy) is 2. The summed E-state index contributed by atoms with van der Waals surface area (Å²) < 4.78 is 11.0. The van der Waals surface area contributed by atoms with E-state index in [1.54, 1.807) is 36.4 Å². The zero-order valence-electron chi connectivity index (χ0n) is 13.7. The van der Waals surface area contributed by atoms with Crippen molar-refractivity contribution in [2.45, 2.75) is 13.8 Å². The number of anilines is 2. The van der Waals surface area contributed by atoms with Crippen LogP contribution in [0.3, 0.4) is 0 Å². The van der Waals surface area contributed by atoms with Crippen LogP contribution in [0.15, 0.2) is 48.5 Å². The standard InChI is InChI=1S/C18H20N2O4/c1-3-23-16-10-6-5-9-15(16)20-18(22)12-24-17-11-7-4-8-14(17)19-13(2)21/h4-11H,3,12H2,1-2H3,(H,19,21)(H,20,22). The van der Waals surface area contributed by atoms with Crippen molar-refractivity contribution in [2.75, 3.05) is 23.8 Å². The molecule has 6 nitrogen and oxygen atoms in total. The number of amides is 2. The molecule has 0 aliphatic rings. The third kappa shape index (κ3) is 5.01. The number of para-hydroxylation sites is 4. The number of nitrogens with one attached hydrogen (secondary N) is 2. The summed E-state index contributed by atoms with van der Waals surface area (Å²) in [5.41, 5.74) is 1.11. The normalized spacial score (nSPS) is 9.92. The van der Waals surface area contributed by atoms with Gasteiger partial charge in [-0.15, -0.1) is 0 Å². The summed E-state index contributed by atoms with van der Waals surface area (Å²) in [6.45, 7) is 3.61. The van der Waals surface area contributed by atoms with E-state index in [0.717, 1.165) is 0 Å². The minimum Gasteiger partial charge on any atom is -0.492 e. The molecule has 2 aromatic carbocycles. The maximum atomic E-state index is 12.1. The summed E-state index contributed by atoms with van der Waals surface area (Å²) in [6, 6.07) is 14.1. The molecule has 0 unspecified atom stereocenters. The smallest absolute Gasteiger partial charge is 0.262 e. The second kappa shape index (κ2) is 8.57. The molecular formula is C18H20N2O4. The van der Waals surface area contributed by atoms with Crippen LogP contribution in [0.25, 0.3) is 0 Å². The molecule has 2 aromatic rings. The van der Waals surface area contributed by atoms with Gasteiger partial charge in [-0.25, -0.2) is 0 Å². The van der Waals surface area contributed by atoms with Crippen LogP contribution in [0, 0.1) is 0 Å². The predicted octanol–water partition coefficient (Wildman–Crippen LogP) is 3.06. The SMILES string of the molecule is CCOc1ccccc1NC(=O)COc1ccccc1NC(C)=O. The average molecular weight is 328 g/mol. The number of hydrogen-bond acceptors (Lipinski definition) is 4. The van der Waals surface area contributed by atoms with Gasteiger partial charge in [-0.05, 0) is 31.2 Å². The van der Waals surface area contributed by atoms with E-state index in [9.17, 15) is 9.59 Å². The highest BCUT2D eigenvalue weighted by atomic mass is 16.5. The van der Waals surface area contributed by atoms with Gasteiger partial charge in [0.05, 0.1) is 18.0 Å². The number of rotatable bonds is 7. The van der Waals surface area contributed by atoms with Crippen LogP contribution in [-0.2, 0) is 9.59 Å². The summed E-state index contributed by atoms with van der Waals surface area (Å²) >= 11 is 0. The molecule has 0 radical (unpaired) electrons. The van der Waals surface area contributed by atoms with E-state index < -0.39 is 0 Å². The first-order valence-electron chi connectivity index (χ1n) is 7.61. The molecule has 0 bridgehead atoms. The van der Waals surface area contributed by atoms with Gasteiger partial charge in [-0.2, -0.15) is 0 Å². The van der Waals surface area contributed by atoms with E-state index in [1.807, 2.05) is 19.1 Å². The topological polar surface area (TPSA) is 76.7 Å². The fourth-order valence-corrected chi connectivity index (χ4v) is 2.07. The Morgan fingerprint density at radius 3 is 2.00 bits per heavy atom. The van der Waals surface area contributed by atoms with Crippen molar-refractivity contribution in [3.8, 4) is 11.5 Å². The van der Waals surface area contributed by atoms with Crippen molar-refractivity contribution >= 4 is 23.2 Å². The third-order valence-corrected chi connectivity index (χ3v) is 3.02. The van der Waals surface area contributed by atoms with Gasteiger partial charge in [-0.1, -0.05) is 24.3 Å². The quantitative estimate of drug-likeness (QED) is 0.819. The first-order valence-corrected chi connectivity index (χ1v) is 7.61. The number of carbonyl (C=O) groups is 2. The second-order valence-electron chi connectivity index (χ2n) is 4.94. The molecule has 0 aliphatic heterocycles. The Bertz CT molecular complexity index is 716. The Labute approximate surface area is 140 Å². The summed E-state index contributed by atoms with van der Waals surface area (Å²) in [5.74, 6) is 0.508. The van der Waals surface area contributed by atoms with Crippen LogP contribution >= 0.6 is 0 Å². The molecule has 126 valence electrons. The molecule has 24 heavy (non-hydrogen) atoms. The lowest BCUT2D eigenvalue weighted by atomic mass is 10.3.